The van der Waals surface area contributed by atoms with Crippen molar-refractivity contribution in [1.82, 2.24) is 20.4 Å². The molecule has 0 atom stereocenters. The lowest BCUT2D eigenvalue weighted by atomic mass is 10.1. The molecule has 8 heteroatoms. The Bertz CT molecular complexity index is 705. The van der Waals surface area contributed by atoms with Crippen molar-refractivity contribution in [2.24, 2.45) is 4.99 Å². The van der Waals surface area contributed by atoms with Crippen molar-refractivity contribution >= 4 is 35.8 Å². The van der Waals surface area contributed by atoms with Gasteiger partial charge in [-0.25, -0.2) is 4.99 Å². The van der Waals surface area contributed by atoms with Crippen LogP contribution in [0.4, 0.5) is 0 Å². The summed E-state index contributed by atoms with van der Waals surface area (Å²) < 4.78 is 0. The smallest absolute Gasteiger partial charge is 0.234 e. The molecule has 162 valence electrons. The fraction of sp³-hybridized carbons (Fsp3) is 0.619. The summed E-state index contributed by atoms with van der Waals surface area (Å²) in [5.74, 6) is 1.42. The fourth-order valence-corrected chi connectivity index (χ4v) is 3.55. The number of aryl methyl sites for hydroxylation is 2. The van der Waals surface area contributed by atoms with Gasteiger partial charge in [0.1, 0.15) is 5.75 Å². The maximum Gasteiger partial charge on any atom is 0.234 e. The van der Waals surface area contributed by atoms with Gasteiger partial charge in [-0.1, -0.05) is 12.1 Å². The lowest BCUT2D eigenvalue weighted by Gasteiger charge is -2.36. The van der Waals surface area contributed by atoms with Crippen LogP contribution in [0.2, 0.25) is 0 Å². The monoisotopic (exact) mass is 515 g/mol. The molecule has 1 aromatic rings. The van der Waals surface area contributed by atoms with Crippen molar-refractivity contribution in [3.05, 3.63) is 28.8 Å². The summed E-state index contributed by atoms with van der Waals surface area (Å²) in [5, 5.41) is 16.4. The molecule has 0 radical (unpaired) electrons. The van der Waals surface area contributed by atoms with E-state index in [1.807, 2.05) is 26.0 Å². The van der Waals surface area contributed by atoms with Crippen LogP contribution >= 0.6 is 24.0 Å². The molecule has 7 nitrogen and oxygen atoms in total. The lowest BCUT2D eigenvalue weighted by molar-refractivity contribution is -0.122. The van der Waals surface area contributed by atoms with E-state index in [4.69, 9.17) is 4.99 Å². The highest BCUT2D eigenvalue weighted by atomic mass is 127. The molecule has 0 unspecified atom stereocenters. The van der Waals surface area contributed by atoms with Gasteiger partial charge < -0.3 is 20.6 Å². The first kappa shape index (κ1) is 23.7. The fourth-order valence-electron chi connectivity index (χ4n) is 3.55. The number of carbonyl (C=O) groups excluding carboxylic acids is 1. The summed E-state index contributed by atoms with van der Waals surface area (Å²) >= 11 is 0. The van der Waals surface area contributed by atoms with Crippen LogP contribution in [0.3, 0.4) is 0 Å². The zero-order valence-electron chi connectivity index (χ0n) is 17.7. The van der Waals surface area contributed by atoms with Crippen molar-refractivity contribution in [1.29, 1.82) is 0 Å². The Morgan fingerprint density at radius 1 is 1.17 bits per heavy atom. The first-order valence-electron chi connectivity index (χ1n) is 10.3. The molecule has 0 bridgehead atoms. The number of hydrogen-bond donors (Lipinski definition) is 3. The first-order valence-corrected chi connectivity index (χ1v) is 10.3. The standard InChI is InChI=1S/C21H33N5O2.HI/c1-4-22-21(23-13-17-11-15(2)20(28)16(3)12-17)26-9-7-25(8-10-26)14-19(27)24-18-5-6-18;/h11-12,18,28H,4-10,13-14H2,1-3H3,(H,22,23)(H,24,27);1H. The number of benzene rings is 1. The molecule has 3 rings (SSSR count). The number of aliphatic imine (C=N–C) groups is 1. The first-order chi connectivity index (χ1) is 13.5. The van der Waals surface area contributed by atoms with Crippen molar-refractivity contribution in [2.45, 2.75) is 46.2 Å². The van der Waals surface area contributed by atoms with Gasteiger partial charge >= 0.3 is 0 Å². The molecular formula is C21H34IN5O2. The third-order valence-corrected chi connectivity index (χ3v) is 5.28. The number of piperazine rings is 1. The van der Waals surface area contributed by atoms with Crippen LogP contribution < -0.4 is 10.6 Å². The minimum Gasteiger partial charge on any atom is -0.507 e. The molecule has 3 N–H and O–H groups in total. The molecule has 1 aliphatic carbocycles. The molecule has 2 aliphatic rings. The van der Waals surface area contributed by atoms with Gasteiger partial charge in [0.2, 0.25) is 5.91 Å². The Kier molecular flexibility index (Phi) is 9.01. The second kappa shape index (κ2) is 11.0. The van der Waals surface area contributed by atoms with E-state index in [2.05, 4.69) is 27.4 Å². The molecule has 1 amide bonds. The second-order valence-electron chi connectivity index (χ2n) is 7.85. The SMILES string of the molecule is CCNC(=NCc1cc(C)c(O)c(C)c1)N1CCN(CC(=O)NC2CC2)CC1.I. The summed E-state index contributed by atoms with van der Waals surface area (Å²) in [7, 11) is 0. The van der Waals surface area contributed by atoms with Gasteiger partial charge in [-0.05, 0) is 50.3 Å². The topological polar surface area (TPSA) is 80.2 Å². The highest BCUT2D eigenvalue weighted by molar-refractivity contribution is 14.0. The average Bonchev–Trinajstić information content (AvgIpc) is 3.47. The minimum absolute atomic E-state index is 0. The number of guanidine groups is 1. The summed E-state index contributed by atoms with van der Waals surface area (Å²) in [4.78, 5) is 21.3. The molecule has 0 spiro atoms. The number of phenols is 1. The minimum atomic E-state index is 0. The average molecular weight is 515 g/mol. The maximum absolute atomic E-state index is 12.0. The largest absolute Gasteiger partial charge is 0.507 e. The van der Waals surface area contributed by atoms with E-state index >= 15 is 0 Å². The van der Waals surface area contributed by atoms with Gasteiger partial charge in [0.25, 0.3) is 0 Å². The summed E-state index contributed by atoms with van der Waals surface area (Å²) in [6.45, 7) is 11.2. The van der Waals surface area contributed by atoms with Gasteiger partial charge in [0.05, 0.1) is 13.1 Å². The second-order valence-corrected chi connectivity index (χ2v) is 7.85. The Morgan fingerprint density at radius 3 is 2.34 bits per heavy atom. The van der Waals surface area contributed by atoms with E-state index in [9.17, 15) is 9.90 Å². The van der Waals surface area contributed by atoms with Gasteiger partial charge in [-0.3, -0.25) is 9.69 Å². The van der Waals surface area contributed by atoms with Crippen LogP contribution in [0.5, 0.6) is 5.75 Å². The third kappa shape index (κ3) is 7.02. The Morgan fingerprint density at radius 2 is 1.79 bits per heavy atom. The van der Waals surface area contributed by atoms with Crippen LogP contribution in [-0.2, 0) is 11.3 Å². The summed E-state index contributed by atoms with van der Waals surface area (Å²) in [5.41, 5.74) is 2.86. The number of aromatic hydroxyl groups is 1. The summed E-state index contributed by atoms with van der Waals surface area (Å²) in [6.07, 6.45) is 2.25. The number of nitrogens with one attached hydrogen (secondary N) is 2. The quantitative estimate of drug-likeness (QED) is 0.307. The molecule has 2 fully saturated rings. The molecule has 1 heterocycles. The predicted octanol–water partition coefficient (Wildman–Crippen LogP) is 1.99. The zero-order chi connectivity index (χ0) is 20.1. The normalized spacial score (nSPS) is 17.6. The predicted molar refractivity (Wildman–Crippen MR) is 127 cm³/mol. The maximum atomic E-state index is 12.0. The zero-order valence-corrected chi connectivity index (χ0v) is 20.0. The number of halogens is 1. The molecule has 1 aliphatic heterocycles. The van der Waals surface area contributed by atoms with E-state index in [-0.39, 0.29) is 29.9 Å². The number of rotatable bonds is 6. The third-order valence-electron chi connectivity index (χ3n) is 5.28. The lowest BCUT2D eigenvalue weighted by Crippen LogP contribution is -2.54. The van der Waals surface area contributed by atoms with E-state index in [0.29, 0.717) is 24.9 Å². The van der Waals surface area contributed by atoms with E-state index in [1.54, 1.807) is 0 Å². The molecule has 29 heavy (non-hydrogen) atoms. The van der Waals surface area contributed by atoms with Gasteiger partial charge in [0, 0.05) is 38.8 Å². The van der Waals surface area contributed by atoms with Gasteiger partial charge in [0.15, 0.2) is 5.96 Å². The van der Waals surface area contributed by atoms with Crippen molar-refractivity contribution in [2.75, 3.05) is 39.3 Å². The highest BCUT2D eigenvalue weighted by Gasteiger charge is 2.25. The molecule has 0 aromatic heterocycles. The highest BCUT2D eigenvalue weighted by Crippen LogP contribution is 2.23. The van der Waals surface area contributed by atoms with Crippen LogP contribution in [0, 0.1) is 13.8 Å². The molecule has 1 aromatic carbocycles. The number of carbonyl (C=O) groups is 1. The molecular weight excluding hydrogens is 481 g/mol. The van der Waals surface area contributed by atoms with Crippen molar-refractivity contribution in [3.63, 3.8) is 0 Å². The summed E-state index contributed by atoms with van der Waals surface area (Å²) in [6, 6.07) is 4.41. The van der Waals surface area contributed by atoms with Crippen LogP contribution in [0.25, 0.3) is 0 Å². The molecule has 1 saturated heterocycles. The van der Waals surface area contributed by atoms with Gasteiger partial charge in [-0.2, -0.15) is 0 Å². The van der Waals surface area contributed by atoms with E-state index in [1.165, 1.54) is 0 Å². The number of amides is 1. The van der Waals surface area contributed by atoms with Gasteiger partial charge in [-0.15, -0.1) is 24.0 Å². The number of hydrogen-bond acceptors (Lipinski definition) is 4. The molecule has 1 saturated carbocycles. The van der Waals surface area contributed by atoms with Crippen molar-refractivity contribution in [3.8, 4) is 5.75 Å². The van der Waals surface area contributed by atoms with E-state index < -0.39 is 0 Å². The van der Waals surface area contributed by atoms with Crippen LogP contribution in [0.1, 0.15) is 36.5 Å². The Balaban J connectivity index is 0.00000300. The number of phenolic OH excluding ortho intramolecular Hbond substituents is 1. The number of nitrogens with zero attached hydrogens (tertiary/aromatic N) is 3. The van der Waals surface area contributed by atoms with Crippen LogP contribution in [-0.4, -0.2) is 72.1 Å². The van der Waals surface area contributed by atoms with Crippen molar-refractivity contribution < 1.29 is 9.90 Å². The Hall–Kier alpha value is -1.55. The van der Waals surface area contributed by atoms with E-state index in [0.717, 1.165) is 68.2 Å². The van der Waals surface area contributed by atoms with Crippen LogP contribution in [0.15, 0.2) is 17.1 Å². The Labute approximate surface area is 191 Å².